The minimum Gasteiger partial charge on any atom is -0.492 e. The fourth-order valence-electron chi connectivity index (χ4n) is 1.26. The van der Waals surface area contributed by atoms with Crippen molar-refractivity contribution in [1.82, 2.24) is 10.2 Å². The number of nitrogens with zero attached hydrogens (tertiary/aromatic N) is 1. The average Bonchev–Trinajstić information content (AvgIpc) is 2.29. The van der Waals surface area contributed by atoms with E-state index in [2.05, 4.69) is 17.3 Å². The maximum Gasteiger partial charge on any atom is 0.119 e. The van der Waals surface area contributed by atoms with E-state index in [1.165, 1.54) is 0 Å². The lowest BCUT2D eigenvalue weighted by molar-refractivity contribution is 0.238. The van der Waals surface area contributed by atoms with E-state index in [0.29, 0.717) is 6.61 Å². The van der Waals surface area contributed by atoms with Gasteiger partial charge in [-0.3, -0.25) is 0 Å². The molecule has 0 aliphatic rings. The highest BCUT2D eigenvalue weighted by atomic mass is 35.5. The summed E-state index contributed by atoms with van der Waals surface area (Å²) in [6.45, 7) is 3.64. The summed E-state index contributed by atoms with van der Waals surface area (Å²) in [7, 11) is 4.04. The first kappa shape index (κ1) is 13.3. The van der Waals surface area contributed by atoms with E-state index in [0.717, 1.165) is 30.4 Å². The average molecular weight is 243 g/mol. The second kappa shape index (κ2) is 7.49. The van der Waals surface area contributed by atoms with Crippen molar-refractivity contribution in [2.45, 2.75) is 0 Å². The third kappa shape index (κ3) is 5.35. The lowest BCUT2D eigenvalue weighted by Gasteiger charge is -2.16. The monoisotopic (exact) mass is 242 g/mol. The Morgan fingerprint density at radius 3 is 2.56 bits per heavy atom. The number of halogens is 1. The number of ether oxygens (including phenoxy) is 1. The van der Waals surface area contributed by atoms with Crippen LogP contribution in [0.15, 0.2) is 24.3 Å². The van der Waals surface area contributed by atoms with Gasteiger partial charge in [0.1, 0.15) is 12.4 Å². The summed E-state index contributed by atoms with van der Waals surface area (Å²) in [6.07, 6.45) is 0. The zero-order valence-electron chi connectivity index (χ0n) is 9.87. The summed E-state index contributed by atoms with van der Waals surface area (Å²) in [5.74, 6) is 0.867. The Morgan fingerprint density at radius 1 is 1.25 bits per heavy atom. The summed E-state index contributed by atoms with van der Waals surface area (Å²) in [5.41, 5.74) is 0. The zero-order chi connectivity index (χ0) is 11.8. The van der Waals surface area contributed by atoms with Crippen LogP contribution in [-0.4, -0.2) is 45.2 Å². The molecule has 90 valence electrons. The van der Waals surface area contributed by atoms with Crippen LogP contribution in [0.25, 0.3) is 0 Å². The van der Waals surface area contributed by atoms with E-state index >= 15 is 0 Å². The molecule has 0 aliphatic heterocycles. The van der Waals surface area contributed by atoms with E-state index in [1.54, 1.807) is 0 Å². The number of rotatable bonds is 7. The van der Waals surface area contributed by atoms with Gasteiger partial charge in [0.25, 0.3) is 0 Å². The first-order valence-corrected chi connectivity index (χ1v) is 5.81. The first-order valence-electron chi connectivity index (χ1n) is 5.44. The highest BCUT2D eigenvalue weighted by Gasteiger charge is 1.98. The van der Waals surface area contributed by atoms with Gasteiger partial charge in [-0.05, 0) is 38.4 Å². The molecule has 0 saturated heterocycles. The van der Waals surface area contributed by atoms with Crippen LogP contribution in [0, 0.1) is 0 Å². The van der Waals surface area contributed by atoms with E-state index in [4.69, 9.17) is 16.3 Å². The highest BCUT2D eigenvalue weighted by molar-refractivity contribution is 6.30. The number of hydrogen-bond acceptors (Lipinski definition) is 3. The fraction of sp³-hybridized carbons (Fsp3) is 0.500. The van der Waals surface area contributed by atoms with Crippen molar-refractivity contribution >= 4 is 11.6 Å². The fourth-order valence-corrected chi connectivity index (χ4v) is 1.39. The van der Waals surface area contributed by atoms with Gasteiger partial charge in [-0.25, -0.2) is 0 Å². The van der Waals surface area contributed by atoms with E-state index in [1.807, 2.05) is 31.3 Å². The van der Waals surface area contributed by atoms with Crippen LogP contribution in [0.2, 0.25) is 5.02 Å². The Bertz CT molecular complexity index is 290. The predicted molar refractivity (Wildman–Crippen MR) is 68.4 cm³/mol. The molecule has 0 aliphatic carbocycles. The molecule has 0 heterocycles. The molecule has 0 aromatic heterocycles. The van der Waals surface area contributed by atoms with E-state index < -0.39 is 0 Å². The molecule has 1 aromatic carbocycles. The van der Waals surface area contributed by atoms with Gasteiger partial charge in [0.05, 0.1) is 0 Å². The maximum atomic E-state index is 5.78. The van der Waals surface area contributed by atoms with E-state index in [-0.39, 0.29) is 0 Å². The van der Waals surface area contributed by atoms with Crippen molar-refractivity contribution in [2.75, 3.05) is 40.3 Å². The number of hydrogen-bond donors (Lipinski definition) is 1. The molecule has 3 nitrogen and oxygen atoms in total. The Morgan fingerprint density at radius 2 is 1.94 bits per heavy atom. The van der Waals surface area contributed by atoms with Crippen LogP contribution >= 0.6 is 11.6 Å². The molecule has 0 unspecified atom stereocenters. The number of benzene rings is 1. The van der Waals surface area contributed by atoms with Gasteiger partial charge in [-0.2, -0.15) is 0 Å². The SMILES string of the molecule is CNCCN(C)CCOc1ccc(Cl)cc1. The molecule has 0 spiro atoms. The van der Waals surface area contributed by atoms with Crippen LogP contribution in [0.4, 0.5) is 0 Å². The largest absolute Gasteiger partial charge is 0.492 e. The normalized spacial score (nSPS) is 10.8. The minimum absolute atomic E-state index is 0.696. The van der Waals surface area contributed by atoms with E-state index in [9.17, 15) is 0 Å². The molecular weight excluding hydrogens is 224 g/mol. The van der Waals surface area contributed by atoms with Gasteiger partial charge < -0.3 is 15.0 Å². The molecule has 0 bridgehead atoms. The van der Waals surface area contributed by atoms with Crippen molar-refractivity contribution in [3.8, 4) is 5.75 Å². The molecule has 0 radical (unpaired) electrons. The molecule has 1 aromatic rings. The van der Waals surface area contributed by atoms with Gasteiger partial charge in [0.15, 0.2) is 0 Å². The van der Waals surface area contributed by atoms with Crippen LogP contribution in [0.3, 0.4) is 0 Å². The lowest BCUT2D eigenvalue weighted by atomic mass is 10.3. The molecule has 0 saturated carbocycles. The van der Waals surface area contributed by atoms with Crippen molar-refractivity contribution in [3.05, 3.63) is 29.3 Å². The standard InChI is InChI=1S/C12H19ClN2O/c1-14-7-8-15(2)9-10-16-12-5-3-11(13)4-6-12/h3-6,14H,7-10H2,1-2H3. The lowest BCUT2D eigenvalue weighted by Crippen LogP contribution is -2.30. The van der Waals surface area contributed by atoms with Crippen molar-refractivity contribution in [3.63, 3.8) is 0 Å². The molecular formula is C12H19ClN2O. The number of likely N-dealkylation sites (N-methyl/N-ethyl adjacent to an activating group) is 2. The molecule has 1 rings (SSSR count). The number of nitrogens with one attached hydrogen (secondary N) is 1. The van der Waals surface area contributed by atoms with Crippen LogP contribution in [0.1, 0.15) is 0 Å². The van der Waals surface area contributed by atoms with Crippen molar-refractivity contribution in [1.29, 1.82) is 0 Å². The second-order valence-electron chi connectivity index (χ2n) is 3.71. The Balaban J connectivity index is 2.17. The third-order valence-electron chi connectivity index (χ3n) is 2.30. The second-order valence-corrected chi connectivity index (χ2v) is 4.15. The quantitative estimate of drug-likeness (QED) is 0.790. The smallest absolute Gasteiger partial charge is 0.119 e. The summed E-state index contributed by atoms with van der Waals surface area (Å²) < 4.78 is 5.59. The van der Waals surface area contributed by atoms with Crippen molar-refractivity contribution < 1.29 is 4.74 Å². The Labute approximate surface area is 102 Å². The van der Waals surface area contributed by atoms with Gasteiger partial charge in [-0.15, -0.1) is 0 Å². The van der Waals surface area contributed by atoms with Gasteiger partial charge >= 0.3 is 0 Å². The van der Waals surface area contributed by atoms with Crippen LogP contribution in [-0.2, 0) is 0 Å². The molecule has 4 heteroatoms. The van der Waals surface area contributed by atoms with Gasteiger partial charge in [-0.1, -0.05) is 11.6 Å². The summed E-state index contributed by atoms with van der Waals surface area (Å²) >= 11 is 5.78. The zero-order valence-corrected chi connectivity index (χ0v) is 10.6. The molecule has 0 fully saturated rings. The van der Waals surface area contributed by atoms with Crippen molar-refractivity contribution in [2.24, 2.45) is 0 Å². The minimum atomic E-state index is 0.696. The summed E-state index contributed by atoms with van der Waals surface area (Å²) in [6, 6.07) is 7.44. The molecule has 0 atom stereocenters. The molecule has 0 amide bonds. The highest BCUT2D eigenvalue weighted by Crippen LogP contribution is 2.15. The predicted octanol–water partition coefficient (Wildman–Crippen LogP) is 1.87. The topological polar surface area (TPSA) is 24.5 Å². The summed E-state index contributed by atoms with van der Waals surface area (Å²) in [4.78, 5) is 2.23. The Kier molecular flexibility index (Phi) is 6.23. The third-order valence-corrected chi connectivity index (χ3v) is 2.55. The molecule has 1 N–H and O–H groups in total. The van der Waals surface area contributed by atoms with Gasteiger partial charge in [0, 0.05) is 24.7 Å². The maximum absolute atomic E-state index is 5.78. The van der Waals surface area contributed by atoms with Gasteiger partial charge in [0.2, 0.25) is 0 Å². The summed E-state index contributed by atoms with van der Waals surface area (Å²) in [5, 5.41) is 3.85. The van der Waals surface area contributed by atoms with Crippen LogP contribution < -0.4 is 10.1 Å². The Hall–Kier alpha value is -0.770. The van der Waals surface area contributed by atoms with Crippen LogP contribution in [0.5, 0.6) is 5.75 Å². The first-order chi connectivity index (χ1) is 7.72. The molecule has 16 heavy (non-hydrogen) atoms.